The van der Waals surface area contributed by atoms with Crippen LogP contribution < -0.4 is 0 Å². The Bertz CT molecular complexity index is 694. The minimum atomic E-state index is -0.797. The molecule has 0 aromatic heterocycles. The van der Waals surface area contributed by atoms with Crippen molar-refractivity contribution in [3.63, 3.8) is 0 Å². The highest BCUT2D eigenvalue weighted by Gasteiger charge is 2.27. The van der Waals surface area contributed by atoms with Crippen LogP contribution in [0.2, 0.25) is 0 Å². The van der Waals surface area contributed by atoms with E-state index in [1.807, 2.05) is 0 Å². The van der Waals surface area contributed by atoms with Gasteiger partial charge in [0.25, 0.3) is 0 Å². The van der Waals surface area contributed by atoms with Crippen LogP contribution >= 0.6 is 0 Å². The first-order valence-corrected chi connectivity index (χ1v) is 7.24. The number of carbonyl (C=O) groups is 4. The standard InChI is InChI=1S/C17H16O6/c1-3-22-16(20)13(17(21)23-4-2)8-10-5-6-11-12(7-10)15(19)9-14(11)18/h5-8H,3-4,9H2,1-2H3. The molecule has 0 fully saturated rings. The lowest BCUT2D eigenvalue weighted by Gasteiger charge is -2.07. The molecule has 0 unspecified atom stereocenters. The molecule has 0 saturated carbocycles. The molecular weight excluding hydrogens is 300 g/mol. The lowest BCUT2D eigenvalue weighted by Crippen LogP contribution is -2.18. The second-order valence-corrected chi connectivity index (χ2v) is 4.83. The summed E-state index contributed by atoms with van der Waals surface area (Å²) < 4.78 is 9.69. The fourth-order valence-electron chi connectivity index (χ4n) is 2.25. The van der Waals surface area contributed by atoms with Crippen LogP contribution in [0.3, 0.4) is 0 Å². The van der Waals surface area contributed by atoms with Crippen LogP contribution in [0, 0.1) is 0 Å². The molecule has 0 amide bonds. The van der Waals surface area contributed by atoms with Crippen molar-refractivity contribution in [3.8, 4) is 0 Å². The summed E-state index contributed by atoms with van der Waals surface area (Å²) >= 11 is 0. The Balaban J connectivity index is 2.41. The van der Waals surface area contributed by atoms with Gasteiger partial charge < -0.3 is 9.47 Å². The van der Waals surface area contributed by atoms with Gasteiger partial charge in [-0.1, -0.05) is 12.1 Å². The van der Waals surface area contributed by atoms with Crippen LogP contribution in [0.4, 0.5) is 0 Å². The number of ketones is 2. The Morgan fingerprint density at radius 1 is 1.00 bits per heavy atom. The van der Waals surface area contributed by atoms with E-state index in [0.717, 1.165) is 0 Å². The predicted octanol–water partition coefficient (Wildman–Crippen LogP) is 1.97. The molecule has 2 rings (SSSR count). The predicted molar refractivity (Wildman–Crippen MR) is 81.0 cm³/mol. The number of rotatable bonds is 5. The Kier molecular flexibility index (Phi) is 5.05. The summed E-state index contributed by atoms with van der Waals surface area (Å²) in [5.41, 5.74) is 0.852. The van der Waals surface area contributed by atoms with Gasteiger partial charge in [0.05, 0.1) is 19.6 Å². The quantitative estimate of drug-likeness (QED) is 0.357. The molecule has 0 bridgehead atoms. The van der Waals surface area contributed by atoms with E-state index < -0.39 is 11.9 Å². The minimum Gasteiger partial charge on any atom is -0.462 e. The fraction of sp³-hybridized carbons (Fsp3) is 0.294. The molecule has 0 radical (unpaired) electrons. The number of hydrogen-bond donors (Lipinski definition) is 0. The minimum absolute atomic E-state index is 0.118. The van der Waals surface area contributed by atoms with E-state index in [1.165, 1.54) is 18.2 Å². The van der Waals surface area contributed by atoms with Crippen LogP contribution in [0.25, 0.3) is 6.08 Å². The normalized spacial score (nSPS) is 12.6. The summed E-state index contributed by atoms with van der Waals surface area (Å²) in [7, 11) is 0. The number of esters is 2. The Hall–Kier alpha value is -2.76. The van der Waals surface area contributed by atoms with E-state index >= 15 is 0 Å². The molecule has 0 heterocycles. The number of benzene rings is 1. The maximum Gasteiger partial charge on any atom is 0.345 e. The van der Waals surface area contributed by atoms with Gasteiger partial charge in [0.15, 0.2) is 11.6 Å². The third kappa shape index (κ3) is 3.53. The highest BCUT2D eigenvalue weighted by molar-refractivity contribution is 6.24. The van der Waals surface area contributed by atoms with Crippen LogP contribution in [-0.2, 0) is 19.1 Å². The van der Waals surface area contributed by atoms with Crippen molar-refractivity contribution < 1.29 is 28.7 Å². The van der Waals surface area contributed by atoms with E-state index in [9.17, 15) is 19.2 Å². The SMILES string of the molecule is CCOC(=O)C(=Cc1ccc2c(c1)C(=O)CC2=O)C(=O)OCC. The zero-order valence-corrected chi connectivity index (χ0v) is 12.9. The van der Waals surface area contributed by atoms with Crippen LogP contribution in [0.5, 0.6) is 0 Å². The van der Waals surface area contributed by atoms with Crippen molar-refractivity contribution in [2.24, 2.45) is 0 Å². The molecule has 6 heteroatoms. The molecule has 1 aliphatic carbocycles. The lowest BCUT2D eigenvalue weighted by molar-refractivity contribution is -0.146. The van der Waals surface area contributed by atoms with Gasteiger partial charge in [-0.15, -0.1) is 0 Å². The Morgan fingerprint density at radius 2 is 1.57 bits per heavy atom. The van der Waals surface area contributed by atoms with E-state index in [0.29, 0.717) is 16.7 Å². The number of carbonyl (C=O) groups excluding carboxylic acids is 4. The van der Waals surface area contributed by atoms with Gasteiger partial charge in [0.1, 0.15) is 5.57 Å². The topological polar surface area (TPSA) is 86.7 Å². The number of fused-ring (bicyclic) bond motifs is 1. The third-order valence-electron chi connectivity index (χ3n) is 3.27. The van der Waals surface area contributed by atoms with Crippen LogP contribution in [-0.4, -0.2) is 36.7 Å². The first kappa shape index (κ1) is 16.6. The summed E-state index contributed by atoms with van der Waals surface area (Å²) in [6.45, 7) is 3.49. The first-order chi connectivity index (χ1) is 11.0. The molecule has 0 atom stereocenters. The molecule has 1 aromatic carbocycles. The number of ether oxygens (including phenoxy) is 2. The van der Waals surface area contributed by atoms with Gasteiger partial charge in [-0.3, -0.25) is 9.59 Å². The highest BCUT2D eigenvalue weighted by Crippen LogP contribution is 2.24. The van der Waals surface area contributed by atoms with Crippen molar-refractivity contribution in [2.75, 3.05) is 13.2 Å². The Labute approximate surface area is 133 Å². The maximum absolute atomic E-state index is 11.9. The summed E-state index contributed by atoms with van der Waals surface area (Å²) in [6, 6.07) is 4.57. The molecule has 23 heavy (non-hydrogen) atoms. The van der Waals surface area contributed by atoms with E-state index in [1.54, 1.807) is 19.9 Å². The van der Waals surface area contributed by atoms with Gasteiger partial charge >= 0.3 is 11.9 Å². The van der Waals surface area contributed by atoms with E-state index in [2.05, 4.69) is 0 Å². The molecule has 1 aliphatic rings. The lowest BCUT2D eigenvalue weighted by atomic mass is 10.0. The summed E-state index contributed by atoms with van der Waals surface area (Å²) in [5, 5.41) is 0. The van der Waals surface area contributed by atoms with Crippen LogP contribution in [0.15, 0.2) is 23.8 Å². The zero-order chi connectivity index (χ0) is 17.0. The molecule has 0 spiro atoms. The zero-order valence-electron chi connectivity index (χ0n) is 12.9. The van der Waals surface area contributed by atoms with Crippen molar-refractivity contribution in [1.82, 2.24) is 0 Å². The van der Waals surface area contributed by atoms with Gasteiger partial charge in [-0.05, 0) is 31.6 Å². The van der Waals surface area contributed by atoms with E-state index in [-0.39, 0.29) is 36.8 Å². The summed E-state index contributed by atoms with van der Waals surface area (Å²) in [6.07, 6.45) is 1.15. The maximum atomic E-state index is 11.9. The monoisotopic (exact) mass is 316 g/mol. The van der Waals surface area contributed by atoms with Crippen molar-refractivity contribution in [1.29, 1.82) is 0 Å². The van der Waals surface area contributed by atoms with Gasteiger partial charge in [0, 0.05) is 11.1 Å². The van der Waals surface area contributed by atoms with Crippen molar-refractivity contribution in [2.45, 2.75) is 20.3 Å². The molecule has 0 N–H and O–H groups in total. The fourth-order valence-corrected chi connectivity index (χ4v) is 2.25. The molecule has 6 nitrogen and oxygen atoms in total. The highest BCUT2D eigenvalue weighted by atomic mass is 16.6. The van der Waals surface area contributed by atoms with Crippen molar-refractivity contribution >= 4 is 29.6 Å². The smallest absolute Gasteiger partial charge is 0.345 e. The second-order valence-electron chi connectivity index (χ2n) is 4.83. The van der Waals surface area contributed by atoms with Gasteiger partial charge in [0.2, 0.25) is 0 Å². The first-order valence-electron chi connectivity index (χ1n) is 7.24. The molecular formula is C17H16O6. The van der Waals surface area contributed by atoms with E-state index in [4.69, 9.17) is 9.47 Å². The van der Waals surface area contributed by atoms with Gasteiger partial charge in [-0.25, -0.2) is 9.59 Å². The molecule has 120 valence electrons. The Morgan fingerprint density at radius 3 is 2.13 bits per heavy atom. The van der Waals surface area contributed by atoms with Crippen molar-refractivity contribution in [3.05, 3.63) is 40.5 Å². The summed E-state index contributed by atoms with van der Waals surface area (Å²) in [5.74, 6) is -2.09. The second kappa shape index (κ2) is 7.00. The summed E-state index contributed by atoms with van der Waals surface area (Å²) in [4.78, 5) is 47.2. The molecule has 0 saturated heterocycles. The number of hydrogen-bond acceptors (Lipinski definition) is 6. The average molecular weight is 316 g/mol. The molecule has 1 aromatic rings. The van der Waals surface area contributed by atoms with Crippen LogP contribution in [0.1, 0.15) is 46.5 Å². The number of Topliss-reactive ketones (excluding diaryl/α,β-unsaturated/α-hetero) is 2. The van der Waals surface area contributed by atoms with Gasteiger partial charge in [-0.2, -0.15) is 0 Å². The average Bonchev–Trinajstić information content (AvgIpc) is 2.79. The molecule has 0 aliphatic heterocycles. The third-order valence-corrected chi connectivity index (χ3v) is 3.27. The largest absolute Gasteiger partial charge is 0.462 e.